The fourth-order valence-corrected chi connectivity index (χ4v) is 10.7. The summed E-state index contributed by atoms with van der Waals surface area (Å²) in [6.07, 6.45) is 4.24. The maximum atomic E-state index is 14.4. The molecule has 3 aromatic heterocycles. The minimum Gasteiger partial charge on any atom is -0.464 e. The molecule has 4 aromatic rings. The highest BCUT2D eigenvalue weighted by atomic mass is 32.1. The van der Waals surface area contributed by atoms with Gasteiger partial charge in [-0.05, 0) is 81.2 Å². The van der Waals surface area contributed by atoms with Crippen molar-refractivity contribution in [3.05, 3.63) is 52.1 Å². The Morgan fingerprint density at radius 1 is 1.15 bits per heavy atom. The number of aryl methyl sites for hydroxylation is 1. The lowest BCUT2D eigenvalue weighted by atomic mass is 9.84. The molecule has 9 rings (SSSR count). The van der Waals surface area contributed by atoms with Gasteiger partial charge in [-0.3, -0.25) is 24.4 Å². The lowest BCUT2D eigenvalue weighted by Crippen LogP contribution is -2.62. The maximum Gasteiger partial charge on any atom is 0.325 e. The monoisotopic (exact) mass is 836 g/mol. The van der Waals surface area contributed by atoms with Crippen molar-refractivity contribution >= 4 is 45.7 Å². The molecule has 320 valence electrons. The average molecular weight is 837 g/mol. The van der Waals surface area contributed by atoms with E-state index in [9.17, 15) is 14.4 Å². The first-order valence-corrected chi connectivity index (χ1v) is 22.7. The van der Waals surface area contributed by atoms with Gasteiger partial charge in [-0.1, -0.05) is 33.8 Å². The molecule has 14 heteroatoms. The number of ether oxygens (including phenoxy) is 2. The first kappa shape index (κ1) is 41.0. The van der Waals surface area contributed by atoms with Crippen LogP contribution in [0.3, 0.4) is 0 Å². The van der Waals surface area contributed by atoms with Crippen molar-refractivity contribution in [3.8, 4) is 22.5 Å². The number of piperazine rings is 1. The second-order valence-electron chi connectivity index (χ2n) is 19.3. The van der Waals surface area contributed by atoms with Crippen molar-refractivity contribution in [2.75, 3.05) is 58.4 Å². The van der Waals surface area contributed by atoms with E-state index in [0.29, 0.717) is 18.9 Å². The molecule has 5 aliphatic rings. The SMILES string of the molecule is CCn1c(-c2cc(N3CCN(C)CC3)cnc2[C@H](C)OC)c2c3cc(ccc31)-c1csc(n1)C[C@H](NC(=O)[C@H]1C[C@@H]1C)C(=O)N1C[C@]3(C)C[C@@H]3[C@H](N1)C(=O)OCC(C)(C)C2. The molecule has 0 unspecified atom stereocenters. The summed E-state index contributed by atoms with van der Waals surface area (Å²) in [5.41, 5.74) is 10.8. The van der Waals surface area contributed by atoms with Crippen LogP contribution in [0.4, 0.5) is 5.69 Å². The number of hydrogen-bond acceptors (Lipinski definition) is 11. The summed E-state index contributed by atoms with van der Waals surface area (Å²) in [6, 6.07) is 7.37. The topological polar surface area (TPSA) is 134 Å². The second-order valence-corrected chi connectivity index (χ2v) is 20.2. The summed E-state index contributed by atoms with van der Waals surface area (Å²) in [6.45, 7) is 17.9. The number of cyclic esters (lactones) is 1. The molecule has 2 saturated carbocycles. The van der Waals surface area contributed by atoms with Crippen LogP contribution in [-0.2, 0) is 43.2 Å². The van der Waals surface area contributed by atoms with Gasteiger partial charge in [0.1, 0.15) is 12.1 Å². The molecular formula is C46H60N8O5S. The first-order chi connectivity index (χ1) is 28.7. The number of amides is 2. The minimum atomic E-state index is -0.834. The van der Waals surface area contributed by atoms with Crippen molar-refractivity contribution in [2.24, 2.45) is 28.6 Å². The molecule has 6 heterocycles. The molecule has 60 heavy (non-hydrogen) atoms. The smallest absolute Gasteiger partial charge is 0.325 e. The van der Waals surface area contributed by atoms with E-state index in [1.54, 1.807) is 12.1 Å². The Balaban J connectivity index is 1.18. The normalized spacial score (nSPS) is 28.5. The maximum absolute atomic E-state index is 14.4. The highest BCUT2D eigenvalue weighted by Gasteiger charge is 2.61. The lowest BCUT2D eigenvalue weighted by Gasteiger charge is -2.38. The number of carbonyl (C=O) groups excluding carboxylic acids is 3. The van der Waals surface area contributed by atoms with E-state index in [1.807, 2.05) is 6.20 Å². The number of aromatic nitrogens is 3. The van der Waals surface area contributed by atoms with Gasteiger partial charge in [0, 0.05) is 91.5 Å². The van der Waals surface area contributed by atoms with Gasteiger partial charge in [0.25, 0.3) is 5.91 Å². The summed E-state index contributed by atoms with van der Waals surface area (Å²) in [4.78, 5) is 57.0. The van der Waals surface area contributed by atoms with Crippen LogP contribution in [-0.4, -0.2) is 108 Å². The third kappa shape index (κ3) is 7.62. The molecule has 1 aromatic carbocycles. The van der Waals surface area contributed by atoms with E-state index in [0.717, 1.165) is 101 Å². The van der Waals surface area contributed by atoms with Crippen molar-refractivity contribution < 1.29 is 23.9 Å². The van der Waals surface area contributed by atoms with Crippen molar-refractivity contribution in [1.82, 2.24) is 35.2 Å². The number of methoxy groups -OCH3 is 1. The number of fused-ring (bicyclic) bond motifs is 8. The first-order valence-electron chi connectivity index (χ1n) is 21.8. The average Bonchev–Trinajstić information content (AvgIpc) is 4.04. The Morgan fingerprint density at radius 3 is 2.63 bits per heavy atom. The number of pyridine rings is 1. The van der Waals surface area contributed by atoms with E-state index in [1.165, 1.54) is 11.3 Å². The number of hydrogen-bond donors (Lipinski definition) is 2. The standard InChI is InChI=1S/C46H60N8O5S/c1-9-53-37-11-10-28-17-31(37)33(41(53)32-18-29(22-47-39(32)27(3)58-8)52-14-12-51(7)13-15-52)20-45(4,5)25-59-44(57)40-34-21-46(34,6)24-54(50-40)43(56)35(19-38-48-36(28)23-60-38)49-42(55)30-16-26(30)2/h10-11,17-18,22-23,26-27,30,34-35,40,50H,9,12-16,19-21,24-25H2,1-8H3,(H,49,55)/t26-,27-,30-,34+,35-,40-,46-/m0/s1. The number of carbonyl (C=O) groups is 3. The summed E-state index contributed by atoms with van der Waals surface area (Å²) in [5, 5.41) is 8.59. The van der Waals surface area contributed by atoms with E-state index >= 15 is 0 Å². The molecule has 7 atom stereocenters. The quantitative estimate of drug-likeness (QED) is 0.218. The number of rotatable bonds is 7. The number of nitrogens with one attached hydrogen (secondary N) is 2. The molecule has 2 amide bonds. The molecule has 6 bridgehead atoms. The van der Waals surface area contributed by atoms with Crippen LogP contribution in [0.2, 0.25) is 0 Å². The zero-order valence-corrected chi connectivity index (χ0v) is 37.2. The summed E-state index contributed by atoms with van der Waals surface area (Å²) in [5.74, 6) is -0.462. The molecule has 3 aliphatic heterocycles. The van der Waals surface area contributed by atoms with E-state index in [2.05, 4.69) is 103 Å². The van der Waals surface area contributed by atoms with Gasteiger partial charge in [-0.2, -0.15) is 0 Å². The number of nitrogens with zero attached hydrogens (tertiary/aromatic N) is 6. The summed E-state index contributed by atoms with van der Waals surface area (Å²) in [7, 11) is 3.90. The molecule has 2 N–H and O–H groups in total. The zero-order chi connectivity index (χ0) is 42.2. The van der Waals surface area contributed by atoms with Gasteiger partial charge in [-0.25, -0.2) is 10.4 Å². The predicted molar refractivity (Wildman–Crippen MR) is 233 cm³/mol. The fraction of sp³-hybridized carbons (Fsp3) is 0.587. The molecule has 0 spiro atoms. The molecule has 13 nitrogen and oxygen atoms in total. The lowest BCUT2D eigenvalue weighted by molar-refractivity contribution is -0.157. The van der Waals surface area contributed by atoms with Crippen molar-refractivity contribution in [1.29, 1.82) is 0 Å². The summed E-state index contributed by atoms with van der Waals surface area (Å²) >= 11 is 1.50. The van der Waals surface area contributed by atoms with E-state index in [-0.39, 0.29) is 54.2 Å². The molecule has 2 saturated heterocycles. The Morgan fingerprint density at radius 2 is 1.92 bits per heavy atom. The number of anilines is 1. The van der Waals surface area contributed by atoms with Gasteiger partial charge in [0.15, 0.2) is 0 Å². The van der Waals surface area contributed by atoms with Gasteiger partial charge >= 0.3 is 5.97 Å². The van der Waals surface area contributed by atoms with Crippen LogP contribution >= 0.6 is 11.3 Å². The van der Waals surface area contributed by atoms with Crippen LogP contribution in [0.1, 0.15) is 76.8 Å². The molecule has 4 fully saturated rings. The van der Waals surface area contributed by atoms with Crippen LogP contribution in [0, 0.1) is 28.6 Å². The number of esters is 1. The van der Waals surface area contributed by atoms with Gasteiger partial charge < -0.3 is 29.2 Å². The number of hydrazine groups is 1. The molecule has 0 radical (unpaired) electrons. The molecule has 2 aliphatic carbocycles. The van der Waals surface area contributed by atoms with Gasteiger partial charge in [-0.15, -0.1) is 11.3 Å². The van der Waals surface area contributed by atoms with Crippen LogP contribution in [0.25, 0.3) is 33.4 Å². The third-order valence-electron chi connectivity index (χ3n) is 14.0. The van der Waals surface area contributed by atoms with E-state index in [4.69, 9.17) is 19.4 Å². The van der Waals surface area contributed by atoms with Crippen molar-refractivity contribution in [2.45, 2.75) is 92.0 Å². The zero-order valence-electron chi connectivity index (χ0n) is 36.3. The second kappa shape index (κ2) is 15.5. The van der Waals surface area contributed by atoms with Gasteiger partial charge in [0.2, 0.25) is 5.91 Å². The predicted octanol–water partition coefficient (Wildman–Crippen LogP) is 5.86. The summed E-state index contributed by atoms with van der Waals surface area (Å²) < 4.78 is 14.7. The Kier molecular flexibility index (Phi) is 10.6. The van der Waals surface area contributed by atoms with Crippen LogP contribution in [0.15, 0.2) is 35.8 Å². The Hall–Kier alpha value is -4.37. The Bertz CT molecular complexity index is 2330. The largest absolute Gasteiger partial charge is 0.464 e. The fourth-order valence-electron chi connectivity index (χ4n) is 9.85. The number of likely N-dealkylation sites (N-methyl/N-ethyl adjacent to an activating group) is 1. The number of benzene rings is 1. The van der Waals surface area contributed by atoms with Crippen LogP contribution < -0.4 is 15.6 Å². The van der Waals surface area contributed by atoms with E-state index < -0.39 is 17.5 Å². The van der Waals surface area contributed by atoms with Gasteiger partial charge in [0.05, 0.1) is 46.7 Å². The highest BCUT2D eigenvalue weighted by Crippen LogP contribution is 2.57. The van der Waals surface area contributed by atoms with Crippen molar-refractivity contribution in [3.63, 3.8) is 0 Å². The van der Waals surface area contributed by atoms with Crippen LogP contribution in [0.5, 0.6) is 0 Å². The Labute approximate surface area is 357 Å². The minimum absolute atomic E-state index is 0.0541. The third-order valence-corrected chi connectivity index (χ3v) is 14.8. The highest BCUT2D eigenvalue weighted by molar-refractivity contribution is 7.10. The molecular weight excluding hydrogens is 777 g/mol. The number of thiazole rings is 1.